The van der Waals surface area contributed by atoms with E-state index in [9.17, 15) is 9.59 Å². The van der Waals surface area contributed by atoms with Crippen LogP contribution in [0.5, 0.6) is 0 Å². The first-order valence-electron chi connectivity index (χ1n) is 9.81. The van der Waals surface area contributed by atoms with Gasteiger partial charge in [-0.25, -0.2) is 4.98 Å². The summed E-state index contributed by atoms with van der Waals surface area (Å²) in [5.41, 5.74) is 2.49. The van der Waals surface area contributed by atoms with Gasteiger partial charge in [-0.05, 0) is 42.5 Å². The monoisotopic (exact) mass is 418 g/mol. The van der Waals surface area contributed by atoms with Crippen LogP contribution in [-0.4, -0.2) is 46.4 Å². The normalized spacial score (nSPS) is 14.4. The van der Waals surface area contributed by atoms with Crippen molar-refractivity contribution in [1.29, 1.82) is 0 Å². The van der Waals surface area contributed by atoms with Crippen molar-refractivity contribution >= 4 is 39.7 Å². The molecule has 0 N–H and O–H groups in total. The lowest BCUT2D eigenvalue weighted by Crippen LogP contribution is -2.48. The number of rotatable bonds is 2. The quantitative estimate of drug-likeness (QED) is 0.468. The summed E-state index contributed by atoms with van der Waals surface area (Å²) in [6.07, 6.45) is 1.58. The molecule has 2 aromatic carbocycles. The third kappa shape index (κ3) is 3.29. The molecule has 2 aromatic heterocycles. The van der Waals surface area contributed by atoms with Gasteiger partial charge in [0, 0.05) is 43.1 Å². The molecule has 0 saturated carbocycles. The van der Waals surface area contributed by atoms with Gasteiger partial charge in [0.25, 0.3) is 11.5 Å². The predicted molar refractivity (Wildman–Crippen MR) is 119 cm³/mol. The molecule has 1 aliphatic rings. The number of anilines is 1. The highest BCUT2D eigenvalue weighted by atomic mass is 35.5. The van der Waals surface area contributed by atoms with Crippen molar-refractivity contribution in [2.24, 2.45) is 0 Å². The average Bonchev–Trinajstić information content (AvgIpc) is 2.80. The molecule has 1 saturated heterocycles. The maximum absolute atomic E-state index is 13.1. The van der Waals surface area contributed by atoms with Crippen LogP contribution in [0.4, 0.5) is 5.69 Å². The summed E-state index contributed by atoms with van der Waals surface area (Å²) in [5, 5.41) is 0.908. The van der Waals surface area contributed by atoms with Gasteiger partial charge in [0.2, 0.25) is 0 Å². The molecule has 1 aliphatic heterocycles. The van der Waals surface area contributed by atoms with E-state index in [4.69, 9.17) is 11.6 Å². The zero-order valence-corrected chi connectivity index (χ0v) is 16.9. The number of pyridine rings is 1. The maximum atomic E-state index is 13.1. The summed E-state index contributed by atoms with van der Waals surface area (Å²) in [6, 6.07) is 18.7. The molecule has 0 radical (unpaired) electrons. The van der Waals surface area contributed by atoms with Crippen LogP contribution >= 0.6 is 11.6 Å². The molecule has 0 atom stereocenters. The van der Waals surface area contributed by atoms with Crippen LogP contribution in [0.1, 0.15) is 10.4 Å². The van der Waals surface area contributed by atoms with E-state index in [-0.39, 0.29) is 11.5 Å². The first-order chi connectivity index (χ1) is 14.6. The Labute approximate surface area is 177 Å². The smallest absolute Gasteiger partial charge is 0.265 e. The fraction of sp³-hybridized carbons (Fsp3) is 0.174. The predicted octanol–water partition coefficient (Wildman–Crippen LogP) is 3.46. The van der Waals surface area contributed by atoms with E-state index in [2.05, 4.69) is 22.0 Å². The minimum Gasteiger partial charge on any atom is -0.368 e. The van der Waals surface area contributed by atoms with E-state index in [1.54, 1.807) is 36.5 Å². The molecule has 6 nitrogen and oxygen atoms in total. The maximum Gasteiger partial charge on any atom is 0.265 e. The number of carbonyl (C=O) groups is 1. The number of carbonyl (C=O) groups excluding carboxylic acids is 1. The fourth-order valence-electron chi connectivity index (χ4n) is 3.89. The number of hydrogen-bond acceptors (Lipinski definition) is 4. The highest BCUT2D eigenvalue weighted by Gasteiger charge is 2.23. The molecule has 1 amide bonds. The highest BCUT2D eigenvalue weighted by Crippen LogP contribution is 2.18. The Kier molecular flexibility index (Phi) is 4.64. The molecule has 3 heterocycles. The second-order valence-corrected chi connectivity index (χ2v) is 7.78. The van der Waals surface area contributed by atoms with Gasteiger partial charge in [-0.1, -0.05) is 29.8 Å². The van der Waals surface area contributed by atoms with Crippen molar-refractivity contribution in [2.45, 2.75) is 0 Å². The average molecular weight is 419 g/mol. The van der Waals surface area contributed by atoms with Crippen LogP contribution in [0.3, 0.4) is 0 Å². The number of piperazine rings is 1. The van der Waals surface area contributed by atoms with Crippen molar-refractivity contribution in [3.63, 3.8) is 0 Å². The van der Waals surface area contributed by atoms with Crippen LogP contribution in [0.15, 0.2) is 71.7 Å². The van der Waals surface area contributed by atoms with Crippen LogP contribution in [0.2, 0.25) is 5.02 Å². The third-order valence-electron chi connectivity index (χ3n) is 5.50. The summed E-state index contributed by atoms with van der Waals surface area (Å²) in [4.78, 5) is 34.6. The van der Waals surface area contributed by atoms with Crippen molar-refractivity contribution < 1.29 is 4.79 Å². The third-order valence-corrected chi connectivity index (χ3v) is 5.74. The lowest BCUT2D eigenvalue weighted by Gasteiger charge is -2.36. The number of nitrogens with zero attached hydrogens (tertiary/aromatic N) is 4. The molecule has 0 spiro atoms. The SMILES string of the molecule is O=C(c1ccc2nc3ccc(Cl)cc3c(=O)n2c1)N1CCN(c2ccccc2)CC1. The Morgan fingerprint density at radius 2 is 1.70 bits per heavy atom. The molecule has 0 unspecified atom stereocenters. The zero-order valence-electron chi connectivity index (χ0n) is 16.2. The largest absolute Gasteiger partial charge is 0.368 e. The van der Waals surface area contributed by atoms with Crippen LogP contribution < -0.4 is 10.5 Å². The van der Waals surface area contributed by atoms with Gasteiger partial charge in [-0.2, -0.15) is 0 Å². The molecule has 150 valence electrons. The van der Waals surface area contributed by atoms with Crippen LogP contribution in [0.25, 0.3) is 16.6 Å². The van der Waals surface area contributed by atoms with Gasteiger partial charge in [-0.15, -0.1) is 0 Å². The van der Waals surface area contributed by atoms with Gasteiger partial charge >= 0.3 is 0 Å². The van der Waals surface area contributed by atoms with E-state index in [0.717, 1.165) is 13.1 Å². The number of amides is 1. The fourth-order valence-corrected chi connectivity index (χ4v) is 4.06. The van der Waals surface area contributed by atoms with E-state index in [0.29, 0.717) is 40.2 Å². The number of benzene rings is 2. The first kappa shape index (κ1) is 18.6. The van der Waals surface area contributed by atoms with Gasteiger partial charge in [0.15, 0.2) is 0 Å². The molecule has 0 aliphatic carbocycles. The Morgan fingerprint density at radius 3 is 2.47 bits per heavy atom. The number of fused-ring (bicyclic) bond motifs is 2. The number of para-hydroxylation sites is 1. The van der Waals surface area contributed by atoms with E-state index >= 15 is 0 Å². The highest BCUT2D eigenvalue weighted by molar-refractivity contribution is 6.31. The first-order valence-corrected chi connectivity index (χ1v) is 10.2. The zero-order chi connectivity index (χ0) is 20.7. The van der Waals surface area contributed by atoms with Gasteiger partial charge in [-0.3, -0.25) is 14.0 Å². The molecule has 30 heavy (non-hydrogen) atoms. The minimum absolute atomic E-state index is 0.0808. The molecule has 4 aromatic rings. The molecule has 1 fully saturated rings. The summed E-state index contributed by atoms with van der Waals surface area (Å²) in [5.74, 6) is -0.0808. The summed E-state index contributed by atoms with van der Waals surface area (Å²) < 4.78 is 1.42. The van der Waals surface area contributed by atoms with Crippen LogP contribution in [0, 0.1) is 0 Å². The second kappa shape index (κ2) is 7.46. The summed E-state index contributed by atoms with van der Waals surface area (Å²) in [7, 11) is 0. The minimum atomic E-state index is -0.235. The summed E-state index contributed by atoms with van der Waals surface area (Å²) in [6.45, 7) is 2.81. The van der Waals surface area contributed by atoms with Gasteiger partial charge in [0.05, 0.1) is 16.5 Å². The molecule has 7 heteroatoms. The van der Waals surface area contributed by atoms with Crippen molar-refractivity contribution in [1.82, 2.24) is 14.3 Å². The van der Waals surface area contributed by atoms with Crippen molar-refractivity contribution in [3.05, 3.63) is 87.8 Å². The number of aromatic nitrogens is 2. The van der Waals surface area contributed by atoms with E-state index in [1.165, 1.54) is 10.1 Å². The van der Waals surface area contributed by atoms with E-state index < -0.39 is 0 Å². The van der Waals surface area contributed by atoms with Crippen molar-refractivity contribution in [3.8, 4) is 0 Å². The lowest BCUT2D eigenvalue weighted by molar-refractivity contribution is 0.0746. The second-order valence-electron chi connectivity index (χ2n) is 7.34. The standard InChI is InChI=1S/C23H19ClN4O2/c24-17-7-8-20-19(14-17)23(30)28-15-16(6-9-21(28)25-20)22(29)27-12-10-26(11-13-27)18-4-2-1-3-5-18/h1-9,14-15H,10-13H2. The van der Waals surface area contributed by atoms with Gasteiger partial charge in [0.1, 0.15) is 5.65 Å². The molecular weight excluding hydrogens is 400 g/mol. The molecule has 0 bridgehead atoms. The molecule has 5 rings (SSSR count). The Hall–Kier alpha value is -3.38. The number of hydrogen-bond donors (Lipinski definition) is 0. The Bertz CT molecular complexity index is 1310. The van der Waals surface area contributed by atoms with Crippen LogP contribution in [-0.2, 0) is 0 Å². The Balaban J connectivity index is 1.42. The van der Waals surface area contributed by atoms with Gasteiger partial charge < -0.3 is 9.80 Å². The van der Waals surface area contributed by atoms with E-state index in [1.807, 2.05) is 23.1 Å². The number of halogens is 1. The summed E-state index contributed by atoms with van der Waals surface area (Å²) >= 11 is 6.04. The molecular formula is C23H19ClN4O2. The Morgan fingerprint density at radius 1 is 0.933 bits per heavy atom. The van der Waals surface area contributed by atoms with Crippen molar-refractivity contribution in [2.75, 3.05) is 31.1 Å². The topological polar surface area (TPSA) is 57.9 Å². The lowest BCUT2D eigenvalue weighted by atomic mass is 10.2.